The van der Waals surface area contributed by atoms with E-state index in [2.05, 4.69) is 51.8 Å². The zero-order valence-electron chi connectivity index (χ0n) is 19.0. The predicted molar refractivity (Wildman–Crippen MR) is 134 cm³/mol. The lowest BCUT2D eigenvalue weighted by molar-refractivity contribution is -0.135. The van der Waals surface area contributed by atoms with Crippen LogP contribution in [0.3, 0.4) is 0 Å². The van der Waals surface area contributed by atoms with E-state index < -0.39 is 0 Å². The number of hydrogen-bond acceptors (Lipinski definition) is 4. The number of rotatable bonds is 4. The summed E-state index contributed by atoms with van der Waals surface area (Å²) in [6, 6.07) is 12.2. The first-order chi connectivity index (χ1) is 15.9. The van der Waals surface area contributed by atoms with Crippen molar-refractivity contribution in [3.05, 3.63) is 58.3 Å². The maximum atomic E-state index is 12.9. The molecule has 2 saturated heterocycles. The first-order valence-electron chi connectivity index (χ1n) is 11.6. The van der Waals surface area contributed by atoms with Gasteiger partial charge in [0.1, 0.15) is 0 Å². The van der Waals surface area contributed by atoms with Gasteiger partial charge >= 0.3 is 0 Å². The minimum Gasteiger partial charge on any atom is -0.368 e. The van der Waals surface area contributed by atoms with Crippen LogP contribution in [0.15, 0.2) is 42.7 Å². The summed E-state index contributed by atoms with van der Waals surface area (Å²) in [5.41, 5.74) is 4.17. The van der Waals surface area contributed by atoms with E-state index in [0.717, 1.165) is 61.3 Å². The Bertz CT molecular complexity index is 1170. The highest BCUT2D eigenvalue weighted by atomic mass is 35.5. The van der Waals surface area contributed by atoms with Gasteiger partial charge in [0.05, 0.1) is 29.4 Å². The number of amides is 1. The Kier molecular flexibility index (Phi) is 6.25. The fourth-order valence-electron chi connectivity index (χ4n) is 5.12. The van der Waals surface area contributed by atoms with Gasteiger partial charge in [-0.25, -0.2) is 4.98 Å². The van der Waals surface area contributed by atoms with Gasteiger partial charge in [-0.3, -0.25) is 4.79 Å². The van der Waals surface area contributed by atoms with Crippen molar-refractivity contribution < 1.29 is 4.79 Å². The number of piperazine rings is 1. The molecule has 3 heterocycles. The normalized spacial score (nSPS) is 22.2. The van der Waals surface area contributed by atoms with E-state index in [1.165, 1.54) is 0 Å². The Labute approximate surface area is 204 Å². The molecule has 2 aliphatic rings. The molecule has 174 valence electrons. The highest BCUT2D eigenvalue weighted by molar-refractivity contribution is 6.35. The standard InChI is InChI=1S/C25H29Cl2N5O/c1-16-14-30(10-11-31(16)25(33)23-4-3-9-28-23)19-6-8-22-24(13-19)32(15-29-22)17(2)20-7-5-18(26)12-21(20)27/h5-8,12-13,15-17,23,28H,3-4,9-11,14H2,1-2H3/t16-,17?,23?/m1/s1. The minimum absolute atomic E-state index is 0.00844. The number of fused-ring (bicyclic) bond motifs is 1. The molecule has 3 aromatic rings. The number of halogens is 2. The lowest BCUT2D eigenvalue weighted by Crippen LogP contribution is -2.57. The second kappa shape index (κ2) is 9.16. The van der Waals surface area contributed by atoms with Gasteiger partial charge in [-0.2, -0.15) is 0 Å². The third kappa shape index (κ3) is 4.32. The number of imidazole rings is 1. The molecule has 0 spiro atoms. The highest BCUT2D eigenvalue weighted by Gasteiger charge is 2.33. The second-order valence-electron chi connectivity index (χ2n) is 9.14. The minimum atomic E-state index is -0.00844. The number of nitrogens with zero attached hydrogens (tertiary/aromatic N) is 4. The first-order valence-corrected chi connectivity index (χ1v) is 12.4. The molecule has 5 rings (SSSR count). The lowest BCUT2D eigenvalue weighted by Gasteiger charge is -2.42. The monoisotopic (exact) mass is 485 g/mol. The summed E-state index contributed by atoms with van der Waals surface area (Å²) in [6.07, 6.45) is 3.90. The summed E-state index contributed by atoms with van der Waals surface area (Å²) in [5.74, 6) is 0.252. The van der Waals surface area contributed by atoms with Crippen molar-refractivity contribution in [2.45, 2.75) is 44.8 Å². The average Bonchev–Trinajstić information content (AvgIpc) is 3.48. The Balaban J connectivity index is 1.37. The summed E-state index contributed by atoms with van der Waals surface area (Å²) in [6.45, 7) is 7.58. The lowest BCUT2D eigenvalue weighted by atomic mass is 10.1. The Hall–Kier alpha value is -2.28. The van der Waals surface area contributed by atoms with Crippen LogP contribution in [0.1, 0.15) is 38.3 Å². The molecule has 6 nitrogen and oxygen atoms in total. The van der Waals surface area contributed by atoms with Crippen LogP contribution in [0, 0.1) is 0 Å². The van der Waals surface area contributed by atoms with Crippen LogP contribution in [0.25, 0.3) is 11.0 Å². The zero-order valence-corrected chi connectivity index (χ0v) is 20.5. The number of hydrogen-bond donors (Lipinski definition) is 1. The Morgan fingerprint density at radius 3 is 2.76 bits per heavy atom. The second-order valence-corrected chi connectivity index (χ2v) is 9.99. The van der Waals surface area contributed by atoms with Crippen LogP contribution >= 0.6 is 23.2 Å². The average molecular weight is 486 g/mol. The molecule has 0 radical (unpaired) electrons. The van der Waals surface area contributed by atoms with E-state index in [-0.39, 0.29) is 24.0 Å². The third-order valence-corrected chi connectivity index (χ3v) is 7.58. The smallest absolute Gasteiger partial charge is 0.240 e. The number of anilines is 1. The molecule has 2 unspecified atom stereocenters. The number of nitrogens with one attached hydrogen (secondary N) is 1. The molecule has 2 aromatic carbocycles. The number of benzene rings is 2. The van der Waals surface area contributed by atoms with E-state index in [0.29, 0.717) is 10.0 Å². The van der Waals surface area contributed by atoms with E-state index in [4.69, 9.17) is 23.2 Å². The van der Waals surface area contributed by atoms with Crippen LogP contribution in [0.2, 0.25) is 10.0 Å². The van der Waals surface area contributed by atoms with E-state index in [1.807, 2.05) is 23.4 Å². The Morgan fingerprint density at radius 1 is 1.18 bits per heavy atom. The predicted octanol–water partition coefficient (Wildman–Crippen LogP) is 4.74. The van der Waals surface area contributed by atoms with Crippen molar-refractivity contribution in [1.29, 1.82) is 0 Å². The fourth-order valence-corrected chi connectivity index (χ4v) is 5.69. The topological polar surface area (TPSA) is 53.4 Å². The maximum Gasteiger partial charge on any atom is 0.240 e. The first kappa shape index (κ1) is 22.5. The van der Waals surface area contributed by atoms with Gasteiger partial charge in [-0.1, -0.05) is 29.3 Å². The van der Waals surface area contributed by atoms with Crippen molar-refractivity contribution in [2.75, 3.05) is 31.1 Å². The molecule has 0 aliphatic carbocycles. The summed E-state index contributed by atoms with van der Waals surface area (Å²) in [4.78, 5) is 21.9. The van der Waals surface area contributed by atoms with Gasteiger partial charge in [0.25, 0.3) is 0 Å². The van der Waals surface area contributed by atoms with Crippen LogP contribution in [0.4, 0.5) is 5.69 Å². The quantitative estimate of drug-likeness (QED) is 0.579. The third-order valence-electron chi connectivity index (χ3n) is 7.02. The fraction of sp³-hybridized carbons (Fsp3) is 0.440. The molecular weight excluding hydrogens is 457 g/mol. The summed E-state index contributed by atoms with van der Waals surface area (Å²) >= 11 is 12.6. The number of carbonyl (C=O) groups is 1. The van der Waals surface area contributed by atoms with Crippen LogP contribution in [0.5, 0.6) is 0 Å². The molecule has 1 aromatic heterocycles. The van der Waals surface area contributed by atoms with Crippen molar-refractivity contribution in [3.63, 3.8) is 0 Å². The molecule has 0 saturated carbocycles. The van der Waals surface area contributed by atoms with Crippen molar-refractivity contribution in [1.82, 2.24) is 19.8 Å². The van der Waals surface area contributed by atoms with Gasteiger partial charge in [0.2, 0.25) is 5.91 Å². The summed E-state index contributed by atoms with van der Waals surface area (Å²) < 4.78 is 2.16. The van der Waals surface area contributed by atoms with Crippen molar-refractivity contribution in [2.24, 2.45) is 0 Å². The van der Waals surface area contributed by atoms with Crippen molar-refractivity contribution >= 4 is 45.8 Å². The molecule has 1 N–H and O–H groups in total. The Morgan fingerprint density at radius 2 is 2.03 bits per heavy atom. The van der Waals surface area contributed by atoms with Gasteiger partial charge in [-0.05, 0) is 69.1 Å². The van der Waals surface area contributed by atoms with E-state index >= 15 is 0 Å². The highest BCUT2D eigenvalue weighted by Crippen LogP contribution is 2.32. The van der Waals surface area contributed by atoms with E-state index in [1.54, 1.807) is 6.07 Å². The molecule has 0 bridgehead atoms. The van der Waals surface area contributed by atoms with Crippen LogP contribution < -0.4 is 10.2 Å². The summed E-state index contributed by atoms with van der Waals surface area (Å²) in [7, 11) is 0. The largest absolute Gasteiger partial charge is 0.368 e. The molecule has 8 heteroatoms. The SMILES string of the molecule is CC(c1ccc(Cl)cc1Cl)n1cnc2ccc(N3CCN(C(=O)C4CCCN4)[C@H](C)C3)cc21. The van der Waals surface area contributed by atoms with Crippen LogP contribution in [-0.2, 0) is 4.79 Å². The molecular formula is C25H29Cl2N5O. The van der Waals surface area contributed by atoms with Gasteiger partial charge < -0.3 is 19.7 Å². The number of aromatic nitrogens is 2. The van der Waals surface area contributed by atoms with Gasteiger partial charge in [0.15, 0.2) is 0 Å². The maximum absolute atomic E-state index is 12.9. The molecule has 2 aliphatic heterocycles. The zero-order chi connectivity index (χ0) is 23.1. The molecule has 2 fully saturated rings. The van der Waals surface area contributed by atoms with Gasteiger partial charge in [0, 0.05) is 41.4 Å². The van der Waals surface area contributed by atoms with Crippen molar-refractivity contribution in [3.8, 4) is 0 Å². The van der Waals surface area contributed by atoms with Crippen LogP contribution in [-0.4, -0.2) is 58.6 Å². The molecule has 1 amide bonds. The summed E-state index contributed by atoms with van der Waals surface area (Å²) in [5, 5.41) is 4.62. The molecule has 3 atom stereocenters. The molecule has 33 heavy (non-hydrogen) atoms. The number of carbonyl (C=O) groups excluding carboxylic acids is 1. The van der Waals surface area contributed by atoms with Gasteiger partial charge in [-0.15, -0.1) is 0 Å². The van der Waals surface area contributed by atoms with E-state index in [9.17, 15) is 4.79 Å².